The number of nitrogens with zero attached hydrogens (tertiary/aromatic N) is 1. The van der Waals surface area contributed by atoms with E-state index in [0.717, 1.165) is 28.5 Å². The molecule has 0 saturated carbocycles. The topological polar surface area (TPSA) is 56.8 Å². The van der Waals surface area contributed by atoms with Crippen molar-refractivity contribution in [2.24, 2.45) is 10.7 Å². The largest absolute Gasteiger partial charge is 0.494 e. The Morgan fingerprint density at radius 2 is 1.71 bits per heavy atom. The molecule has 0 saturated heterocycles. The minimum absolute atomic E-state index is 0.555. The van der Waals surface area contributed by atoms with E-state index < -0.39 is 0 Å². The fourth-order valence-corrected chi connectivity index (χ4v) is 2.63. The zero-order valence-corrected chi connectivity index (χ0v) is 15.2. The second-order valence-electron chi connectivity index (χ2n) is 5.34. The molecule has 0 aliphatic heterocycles. The Morgan fingerprint density at radius 3 is 2.38 bits per heavy atom. The summed E-state index contributed by atoms with van der Waals surface area (Å²) in [7, 11) is 0. The first-order valence-corrected chi connectivity index (χ1v) is 8.97. The quantitative estimate of drug-likeness (QED) is 0.458. The molecule has 5 heteroatoms. The van der Waals surface area contributed by atoms with E-state index in [0.29, 0.717) is 18.4 Å². The lowest BCUT2D eigenvalue weighted by molar-refractivity contribution is 0.332. The van der Waals surface area contributed by atoms with Gasteiger partial charge in [0.25, 0.3) is 0 Å². The molecule has 0 unspecified atom stereocenters. The summed E-state index contributed by atoms with van der Waals surface area (Å²) in [6, 6.07) is 13.8. The van der Waals surface area contributed by atoms with Crippen molar-refractivity contribution in [3.63, 3.8) is 0 Å². The van der Waals surface area contributed by atoms with Gasteiger partial charge in [0.15, 0.2) is 5.17 Å². The number of amidine groups is 1. The summed E-state index contributed by atoms with van der Waals surface area (Å²) in [4.78, 5) is 4.48. The van der Waals surface area contributed by atoms with Gasteiger partial charge in [0.05, 0.1) is 18.9 Å². The first-order chi connectivity index (χ1) is 11.6. The lowest BCUT2D eigenvalue weighted by atomic mass is 10.1. The molecule has 0 fully saturated rings. The summed E-state index contributed by atoms with van der Waals surface area (Å²) in [6.45, 7) is 7.28. The van der Waals surface area contributed by atoms with Crippen LogP contribution in [0, 0.1) is 13.8 Å². The minimum atomic E-state index is 0.555. The van der Waals surface area contributed by atoms with E-state index in [1.165, 1.54) is 17.3 Å². The normalized spacial score (nSPS) is 11.4. The van der Waals surface area contributed by atoms with Crippen LogP contribution in [0.1, 0.15) is 18.1 Å². The van der Waals surface area contributed by atoms with Crippen LogP contribution in [0.2, 0.25) is 0 Å². The summed E-state index contributed by atoms with van der Waals surface area (Å²) in [6.07, 6.45) is 0. The van der Waals surface area contributed by atoms with Gasteiger partial charge in [-0.25, -0.2) is 4.99 Å². The van der Waals surface area contributed by atoms with Gasteiger partial charge in [-0.2, -0.15) is 0 Å². The van der Waals surface area contributed by atoms with Crippen molar-refractivity contribution < 1.29 is 9.47 Å². The summed E-state index contributed by atoms with van der Waals surface area (Å²) < 4.78 is 11.1. The highest BCUT2D eigenvalue weighted by molar-refractivity contribution is 8.13. The van der Waals surface area contributed by atoms with Gasteiger partial charge in [-0.3, -0.25) is 0 Å². The van der Waals surface area contributed by atoms with Gasteiger partial charge in [-0.15, -0.1) is 0 Å². The van der Waals surface area contributed by atoms with Gasteiger partial charge in [0, 0.05) is 5.75 Å². The molecule has 0 spiro atoms. The zero-order chi connectivity index (χ0) is 17.4. The third-order valence-corrected chi connectivity index (χ3v) is 4.09. The third-order valence-electron chi connectivity index (χ3n) is 3.33. The summed E-state index contributed by atoms with van der Waals surface area (Å²) in [5.41, 5.74) is 9.22. The molecular weight excluding hydrogens is 320 g/mol. The van der Waals surface area contributed by atoms with Crippen LogP contribution in [0.5, 0.6) is 11.5 Å². The van der Waals surface area contributed by atoms with Crippen LogP contribution in [0.15, 0.2) is 47.5 Å². The second kappa shape index (κ2) is 9.23. The highest BCUT2D eigenvalue weighted by atomic mass is 32.2. The number of ether oxygens (including phenoxy) is 2. The molecular formula is C19H24N2O2S. The number of aryl methyl sites for hydroxylation is 2. The number of hydrogen-bond acceptors (Lipinski definition) is 4. The van der Waals surface area contributed by atoms with Crippen LogP contribution in [0.3, 0.4) is 0 Å². The Balaban J connectivity index is 1.79. The van der Waals surface area contributed by atoms with E-state index in [9.17, 15) is 0 Å². The molecule has 0 atom stereocenters. The van der Waals surface area contributed by atoms with E-state index in [2.05, 4.69) is 17.1 Å². The predicted octanol–water partition coefficient (Wildman–Crippen LogP) is 4.46. The monoisotopic (exact) mass is 344 g/mol. The number of rotatable bonds is 7. The summed E-state index contributed by atoms with van der Waals surface area (Å²) in [5, 5.41) is 0.555. The van der Waals surface area contributed by atoms with E-state index in [1.807, 2.05) is 51.1 Å². The Labute approximate surface area is 148 Å². The molecule has 0 aromatic heterocycles. The molecule has 0 amide bonds. The Hall–Kier alpha value is -2.14. The average Bonchev–Trinajstić information content (AvgIpc) is 2.57. The van der Waals surface area contributed by atoms with Crippen LogP contribution >= 0.6 is 11.8 Å². The van der Waals surface area contributed by atoms with E-state index in [-0.39, 0.29) is 0 Å². The van der Waals surface area contributed by atoms with Gasteiger partial charge >= 0.3 is 0 Å². The van der Waals surface area contributed by atoms with Gasteiger partial charge < -0.3 is 15.2 Å². The number of hydrogen-bond donors (Lipinski definition) is 1. The lowest BCUT2D eigenvalue weighted by Gasteiger charge is -2.08. The maximum Gasteiger partial charge on any atom is 0.159 e. The molecule has 2 aromatic rings. The van der Waals surface area contributed by atoms with Gasteiger partial charge in [0.2, 0.25) is 0 Å². The average molecular weight is 344 g/mol. The molecule has 0 bridgehead atoms. The molecule has 2 rings (SSSR count). The smallest absolute Gasteiger partial charge is 0.159 e. The molecule has 0 aliphatic carbocycles. The molecule has 128 valence electrons. The highest BCUT2D eigenvalue weighted by Crippen LogP contribution is 2.21. The fraction of sp³-hybridized carbons (Fsp3) is 0.316. The van der Waals surface area contributed by atoms with Crippen LogP contribution in [-0.4, -0.2) is 24.1 Å². The summed E-state index contributed by atoms with van der Waals surface area (Å²) >= 11 is 1.49. The molecule has 0 heterocycles. The SMILES string of the molecule is CCOc1ccc(OCCSC(N)=Nc2cc(C)ccc2C)cc1. The standard InChI is InChI=1S/C19H24N2O2S/c1-4-22-16-7-9-17(10-8-16)23-11-12-24-19(20)21-18-13-14(2)5-6-15(18)3/h5-10,13H,4,11-12H2,1-3H3,(H2,20,21). The lowest BCUT2D eigenvalue weighted by Crippen LogP contribution is -2.10. The van der Waals surface area contributed by atoms with Crippen molar-refractivity contribution in [3.05, 3.63) is 53.6 Å². The van der Waals surface area contributed by atoms with E-state index >= 15 is 0 Å². The van der Waals surface area contributed by atoms with E-state index in [4.69, 9.17) is 15.2 Å². The van der Waals surface area contributed by atoms with Gasteiger partial charge in [0.1, 0.15) is 11.5 Å². The summed E-state index contributed by atoms with van der Waals surface area (Å²) in [5.74, 6) is 2.42. The first-order valence-electron chi connectivity index (χ1n) is 7.98. The zero-order valence-electron chi connectivity index (χ0n) is 14.4. The first kappa shape index (κ1) is 18.2. The van der Waals surface area contributed by atoms with Crippen LogP contribution in [-0.2, 0) is 0 Å². The molecule has 0 radical (unpaired) electrons. The third kappa shape index (κ3) is 5.81. The number of aliphatic imine (C=N–C) groups is 1. The maximum absolute atomic E-state index is 6.00. The molecule has 4 nitrogen and oxygen atoms in total. The van der Waals surface area contributed by atoms with Crippen molar-refractivity contribution in [2.75, 3.05) is 19.0 Å². The van der Waals surface area contributed by atoms with Crippen LogP contribution in [0.4, 0.5) is 5.69 Å². The van der Waals surface area contributed by atoms with Crippen molar-refractivity contribution in [3.8, 4) is 11.5 Å². The van der Waals surface area contributed by atoms with Gasteiger partial charge in [-0.1, -0.05) is 23.9 Å². The van der Waals surface area contributed by atoms with Crippen molar-refractivity contribution >= 4 is 22.6 Å². The second-order valence-corrected chi connectivity index (χ2v) is 6.46. The van der Waals surface area contributed by atoms with Crippen LogP contribution in [0.25, 0.3) is 0 Å². The Morgan fingerprint density at radius 1 is 1.04 bits per heavy atom. The van der Waals surface area contributed by atoms with E-state index in [1.54, 1.807) is 0 Å². The molecule has 0 aliphatic rings. The molecule has 24 heavy (non-hydrogen) atoms. The molecule has 2 N–H and O–H groups in total. The van der Waals surface area contributed by atoms with Crippen molar-refractivity contribution in [1.82, 2.24) is 0 Å². The predicted molar refractivity (Wildman–Crippen MR) is 103 cm³/mol. The Kier molecular flexibility index (Phi) is 7.00. The van der Waals surface area contributed by atoms with Crippen molar-refractivity contribution in [2.45, 2.75) is 20.8 Å². The fourth-order valence-electron chi connectivity index (χ4n) is 2.10. The number of benzene rings is 2. The van der Waals surface area contributed by atoms with Crippen molar-refractivity contribution in [1.29, 1.82) is 0 Å². The maximum atomic E-state index is 6.00. The highest BCUT2D eigenvalue weighted by Gasteiger charge is 2.01. The van der Waals surface area contributed by atoms with Crippen LogP contribution < -0.4 is 15.2 Å². The Bertz CT molecular complexity index is 684. The molecule has 2 aromatic carbocycles. The van der Waals surface area contributed by atoms with Gasteiger partial charge in [-0.05, 0) is 62.2 Å². The number of nitrogens with two attached hydrogens (primary N) is 1. The number of thioether (sulfide) groups is 1. The minimum Gasteiger partial charge on any atom is -0.494 e.